The second-order valence-corrected chi connectivity index (χ2v) is 10.1. The molecule has 1 unspecified atom stereocenters. The van der Waals surface area contributed by atoms with Gasteiger partial charge in [0, 0.05) is 0 Å². The first-order valence-electron chi connectivity index (χ1n) is 5.84. The van der Waals surface area contributed by atoms with Crippen LogP contribution in [0.1, 0.15) is 34.6 Å². The number of nitrogens with zero attached hydrogens (tertiary/aromatic N) is 2. The molecule has 0 spiro atoms. The predicted molar refractivity (Wildman–Crippen MR) is 72.3 cm³/mol. The second-order valence-electron chi connectivity index (χ2n) is 5.25. The van der Waals surface area contributed by atoms with Gasteiger partial charge in [0.05, 0.1) is 0 Å². The minimum Gasteiger partial charge on any atom is -0.314 e. The lowest BCUT2D eigenvalue weighted by Gasteiger charge is -2.51. The summed E-state index contributed by atoms with van der Waals surface area (Å²) < 4.78 is 5.01. The molecule has 1 atom stereocenters. The Bertz CT molecular complexity index is 204. The van der Waals surface area contributed by atoms with Gasteiger partial charge >= 0.3 is 0 Å². The molecule has 0 saturated carbocycles. The van der Waals surface area contributed by atoms with Gasteiger partial charge in [0.1, 0.15) is 0 Å². The van der Waals surface area contributed by atoms with Crippen LogP contribution in [0.5, 0.6) is 0 Å². The predicted octanol–water partition coefficient (Wildman–Crippen LogP) is 2.86. The van der Waals surface area contributed by atoms with Gasteiger partial charge in [-0.3, -0.25) is 0 Å². The Morgan fingerprint density at radius 3 is 1.60 bits per heavy atom. The lowest BCUT2D eigenvalue weighted by molar-refractivity contribution is 0.372. The van der Waals surface area contributed by atoms with Crippen LogP contribution in [0.3, 0.4) is 0 Å². The van der Waals surface area contributed by atoms with Crippen molar-refractivity contribution in [2.45, 2.75) is 39.7 Å². The topological polar surface area (TPSA) is 6.48 Å². The highest BCUT2D eigenvalue weighted by molar-refractivity contribution is 6.81. The summed E-state index contributed by atoms with van der Waals surface area (Å²) in [5.74, 6) is 0. The standard InChI is InChI=1S/C12H28N2Si/c1-9-14(10-2)15(11-3,13(7)8)12(4,5)6/h11H,3,9-10H2,1-2,4-8H3. The van der Waals surface area contributed by atoms with Crippen molar-refractivity contribution in [1.82, 2.24) is 9.13 Å². The summed E-state index contributed by atoms with van der Waals surface area (Å²) in [7, 11) is 2.64. The number of hydrogen-bond acceptors (Lipinski definition) is 2. The largest absolute Gasteiger partial charge is 0.314 e. The Morgan fingerprint density at radius 1 is 1.13 bits per heavy atom. The Balaban J connectivity index is 5.43. The monoisotopic (exact) mass is 228 g/mol. The van der Waals surface area contributed by atoms with Crippen molar-refractivity contribution in [3.63, 3.8) is 0 Å². The van der Waals surface area contributed by atoms with Gasteiger partial charge in [-0.1, -0.05) is 40.3 Å². The molecule has 0 aliphatic heterocycles. The van der Waals surface area contributed by atoms with Crippen LogP contribution in [0.4, 0.5) is 0 Å². The Hall–Kier alpha value is -0.123. The molecule has 0 rings (SSSR count). The van der Waals surface area contributed by atoms with E-state index in [9.17, 15) is 0 Å². The minimum absolute atomic E-state index is 0.282. The van der Waals surface area contributed by atoms with Crippen LogP contribution in [0.25, 0.3) is 0 Å². The third-order valence-electron chi connectivity index (χ3n) is 3.32. The van der Waals surface area contributed by atoms with Crippen molar-refractivity contribution in [2.75, 3.05) is 27.2 Å². The van der Waals surface area contributed by atoms with E-state index in [2.05, 4.69) is 70.1 Å². The van der Waals surface area contributed by atoms with Gasteiger partial charge in [-0.2, -0.15) is 0 Å². The maximum Gasteiger partial charge on any atom is 0.236 e. The fourth-order valence-electron chi connectivity index (χ4n) is 2.75. The van der Waals surface area contributed by atoms with Crippen LogP contribution in [-0.4, -0.2) is 44.7 Å². The summed E-state index contributed by atoms with van der Waals surface area (Å²) in [4.78, 5) is 0. The van der Waals surface area contributed by atoms with Crippen LogP contribution in [0.2, 0.25) is 5.04 Å². The number of hydrogen-bond donors (Lipinski definition) is 0. The summed E-state index contributed by atoms with van der Waals surface area (Å²) in [5.41, 5.74) is 2.22. The molecule has 0 aromatic heterocycles. The van der Waals surface area contributed by atoms with Gasteiger partial charge in [0.15, 0.2) is 0 Å². The van der Waals surface area contributed by atoms with E-state index >= 15 is 0 Å². The van der Waals surface area contributed by atoms with Crippen molar-refractivity contribution >= 4 is 8.40 Å². The average Bonchev–Trinajstić information content (AvgIpc) is 2.10. The zero-order valence-corrected chi connectivity index (χ0v) is 12.6. The third-order valence-corrected chi connectivity index (χ3v) is 9.05. The van der Waals surface area contributed by atoms with Crippen LogP contribution in [-0.2, 0) is 0 Å². The first kappa shape index (κ1) is 14.9. The van der Waals surface area contributed by atoms with Gasteiger partial charge in [0.2, 0.25) is 8.40 Å². The van der Waals surface area contributed by atoms with E-state index in [0.717, 1.165) is 13.1 Å². The summed E-state index contributed by atoms with van der Waals surface area (Å²) in [5, 5.41) is 0.282. The first-order valence-corrected chi connectivity index (χ1v) is 7.81. The molecule has 90 valence electrons. The maximum absolute atomic E-state index is 4.12. The lowest BCUT2D eigenvalue weighted by Crippen LogP contribution is -2.67. The quantitative estimate of drug-likeness (QED) is 0.668. The minimum atomic E-state index is -1.75. The highest BCUT2D eigenvalue weighted by Gasteiger charge is 2.48. The summed E-state index contributed by atoms with van der Waals surface area (Å²) in [6.45, 7) is 17.8. The van der Waals surface area contributed by atoms with Crippen LogP contribution >= 0.6 is 0 Å². The fourth-order valence-corrected chi connectivity index (χ4v) is 7.81. The van der Waals surface area contributed by atoms with Gasteiger partial charge < -0.3 is 9.13 Å². The van der Waals surface area contributed by atoms with Crippen LogP contribution < -0.4 is 0 Å². The molecule has 0 aromatic rings. The number of rotatable bonds is 5. The van der Waals surface area contributed by atoms with E-state index in [1.54, 1.807) is 0 Å². The van der Waals surface area contributed by atoms with E-state index < -0.39 is 8.40 Å². The second kappa shape index (κ2) is 5.28. The SMILES string of the molecule is C=C[Si](N(C)C)(N(CC)CC)C(C)(C)C. The van der Waals surface area contributed by atoms with Gasteiger partial charge in [0.25, 0.3) is 0 Å². The zero-order valence-electron chi connectivity index (χ0n) is 11.6. The molecule has 0 N–H and O–H groups in total. The van der Waals surface area contributed by atoms with E-state index in [-0.39, 0.29) is 5.04 Å². The van der Waals surface area contributed by atoms with Crippen molar-refractivity contribution in [3.8, 4) is 0 Å². The van der Waals surface area contributed by atoms with Gasteiger partial charge in [-0.25, -0.2) is 0 Å². The van der Waals surface area contributed by atoms with Crippen molar-refractivity contribution < 1.29 is 0 Å². The smallest absolute Gasteiger partial charge is 0.236 e. The zero-order chi connectivity index (χ0) is 12.3. The van der Waals surface area contributed by atoms with E-state index in [4.69, 9.17) is 0 Å². The molecule has 3 heteroatoms. The first-order chi connectivity index (χ1) is 6.77. The van der Waals surface area contributed by atoms with E-state index in [1.165, 1.54) is 0 Å². The van der Waals surface area contributed by atoms with Crippen molar-refractivity contribution in [1.29, 1.82) is 0 Å². The maximum atomic E-state index is 4.12. The van der Waals surface area contributed by atoms with E-state index in [0.29, 0.717) is 0 Å². The van der Waals surface area contributed by atoms with Crippen LogP contribution in [0, 0.1) is 0 Å². The Kier molecular flexibility index (Phi) is 5.24. The van der Waals surface area contributed by atoms with Gasteiger partial charge in [-0.15, -0.1) is 6.58 Å². The molecular formula is C12H28N2Si. The molecule has 0 aromatic carbocycles. The Morgan fingerprint density at radius 2 is 1.53 bits per heavy atom. The van der Waals surface area contributed by atoms with Crippen molar-refractivity contribution in [3.05, 3.63) is 12.3 Å². The molecule has 0 saturated heterocycles. The molecule has 0 heterocycles. The Labute approximate surface area is 97.1 Å². The fraction of sp³-hybridized carbons (Fsp3) is 0.833. The molecule has 0 radical (unpaired) electrons. The lowest BCUT2D eigenvalue weighted by atomic mass is 10.2. The molecule has 15 heavy (non-hydrogen) atoms. The summed E-state index contributed by atoms with van der Waals surface area (Å²) in [6.07, 6.45) is 0. The summed E-state index contributed by atoms with van der Waals surface area (Å²) in [6, 6.07) is 0. The molecule has 2 nitrogen and oxygen atoms in total. The molecule has 0 fully saturated rings. The third kappa shape index (κ3) is 2.52. The molecular weight excluding hydrogens is 200 g/mol. The van der Waals surface area contributed by atoms with E-state index in [1.807, 2.05) is 0 Å². The highest BCUT2D eigenvalue weighted by atomic mass is 28.3. The summed E-state index contributed by atoms with van der Waals surface area (Å²) >= 11 is 0. The molecule has 0 aliphatic carbocycles. The van der Waals surface area contributed by atoms with Crippen LogP contribution in [0.15, 0.2) is 12.3 Å². The van der Waals surface area contributed by atoms with Gasteiger partial charge in [-0.05, 0) is 32.2 Å². The molecule has 0 amide bonds. The van der Waals surface area contributed by atoms with Crippen molar-refractivity contribution in [2.24, 2.45) is 0 Å². The normalized spacial score (nSPS) is 16.9. The molecule has 0 aliphatic rings. The highest BCUT2D eigenvalue weighted by Crippen LogP contribution is 2.40. The average molecular weight is 228 g/mol. The molecule has 0 bridgehead atoms.